The molecule has 19 heavy (non-hydrogen) atoms. The van der Waals surface area contributed by atoms with Gasteiger partial charge in [-0.2, -0.15) is 0 Å². The van der Waals surface area contributed by atoms with Crippen molar-refractivity contribution in [2.45, 2.75) is 32.7 Å². The molecule has 1 aromatic carbocycles. The van der Waals surface area contributed by atoms with Gasteiger partial charge >= 0.3 is 0 Å². The summed E-state index contributed by atoms with van der Waals surface area (Å²) in [6.07, 6.45) is 2.37. The van der Waals surface area contributed by atoms with Gasteiger partial charge in [-0.25, -0.2) is 0 Å². The van der Waals surface area contributed by atoms with E-state index in [9.17, 15) is 0 Å². The molecule has 0 aliphatic heterocycles. The van der Waals surface area contributed by atoms with Crippen molar-refractivity contribution in [2.24, 2.45) is 0 Å². The second kappa shape index (κ2) is 7.22. The molecule has 2 rings (SSSR count). The van der Waals surface area contributed by atoms with Gasteiger partial charge in [-0.15, -0.1) is 11.3 Å². The predicted molar refractivity (Wildman–Crippen MR) is 88.0 cm³/mol. The zero-order valence-electron chi connectivity index (χ0n) is 11.4. The summed E-state index contributed by atoms with van der Waals surface area (Å²) in [7, 11) is 0. The maximum absolute atomic E-state index is 3.57. The van der Waals surface area contributed by atoms with E-state index in [1.54, 1.807) is 11.3 Å². The van der Waals surface area contributed by atoms with E-state index in [2.05, 4.69) is 70.8 Å². The topological polar surface area (TPSA) is 12.0 Å². The molecule has 0 radical (unpaired) electrons. The summed E-state index contributed by atoms with van der Waals surface area (Å²) < 4.78 is 1.16. The van der Waals surface area contributed by atoms with Crippen molar-refractivity contribution in [2.75, 3.05) is 6.54 Å². The third-order valence-electron chi connectivity index (χ3n) is 3.13. The standard InChI is InChI=1S/C16H20BrNS/c1-3-5-12-6-8-13(9-7-12)16(18-4-2)15-10-14(17)11-19-15/h6-11,16,18H,3-5H2,1-2H3. The molecule has 0 saturated carbocycles. The summed E-state index contributed by atoms with van der Waals surface area (Å²) in [5.74, 6) is 0. The second-order valence-electron chi connectivity index (χ2n) is 4.65. The molecule has 0 aliphatic rings. The molecule has 1 N–H and O–H groups in total. The van der Waals surface area contributed by atoms with Crippen LogP contribution in [0.2, 0.25) is 0 Å². The molecule has 2 aromatic rings. The Morgan fingerprint density at radius 2 is 1.95 bits per heavy atom. The van der Waals surface area contributed by atoms with Crippen LogP contribution in [0.5, 0.6) is 0 Å². The fourth-order valence-corrected chi connectivity index (χ4v) is 3.78. The molecule has 1 aromatic heterocycles. The highest BCUT2D eigenvalue weighted by Crippen LogP contribution is 2.30. The van der Waals surface area contributed by atoms with Gasteiger partial charge in [0, 0.05) is 14.7 Å². The van der Waals surface area contributed by atoms with Gasteiger partial charge in [0.1, 0.15) is 0 Å². The highest BCUT2D eigenvalue weighted by Gasteiger charge is 2.14. The first-order chi connectivity index (χ1) is 9.24. The second-order valence-corrected chi connectivity index (χ2v) is 6.51. The Morgan fingerprint density at radius 1 is 1.21 bits per heavy atom. The van der Waals surface area contributed by atoms with Gasteiger partial charge in [0.15, 0.2) is 0 Å². The van der Waals surface area contributed by atoms with Gasteiger partial charge < -0.3 is 5.32 Å². The van der Waals surface area contributed by atoms with Gasteiger partial charge in [-0.05, 0) is 46.1 Å². The summed E-state index contributed by atoms with van der Waals surface area (Å²) in [6.45, 7) is 5.34. The quantitative estimate of drug-likeness (QED) is 0.767. The summed E-state index contributed by atoms with van der Waals surface area (Å²) in [6, 6.07) is 11.5. The van der Waals surface area contributed by atoms with Crippen LogP contribution in [0.1, 0.15) is 42.3 Å². The summed E-state index contributed by atoms with van der Waals surface area (Å²) >= 11 is 5.34. The van der Waals surface area contributed by atoms with Crippen molar-refractivity contribution in [3.63, 3.8) is 0 Å². The third kappa shape index (κ3) is 3.91. The molecule has 102 valence electrons. The largest absolute Gasteiger partial charge is 0.306 e. The van der Waals surface area contributed by atoms with E-state index in [1.165, 1.54) is 22.4 Å². The summed E-state index contributed by atoms with van der Waals surface area (Å²) in [4.78, 5) is 1.36. The zero-order chi connectivity index (χ0) is 13.7. The van der Waals surface area contributed by atoms with Gasteiger partial charge in [-0.3, -0.25) is 0 Å². The summed E-state index contributed by atoms with van der Waals surface area (Å²) in [5, 5.41) is 5.71. The first-order valence-electron chi connectivity index (χ1n) is 6.80. The van der Waals surface area contributed by atoms with E-state index in [1.807, 2.05) is 0 Å². The van der Waals surface area contributed by atoms with Crippen molar-refractivity contribution in [3.8, 4) is 0 Å². The molecule has 0 fully saturated rings. The minimum Gasteiger partial charge on any atom is -0.306 e. The molecule has 1 nitrogen and oxygen atoms in total. The molecule has 0 aliphatic carbocycles. The number of aryl methyl sites for hydroxylation is 1. The van der Waals surface area contributed by atoms with E-state index >= 15 is 0 Å². The van der Waals surface area contributed by atoms with E-state index in [-0.39, 0.29) is 0 Å². The smallest absolute Gasteiger partial charge is 0.0671 e. The Hall–Kier alpha value is -0.640. The number of thiophene rings is 1. The highest BCUT2D eigenvalue weighted by atomic mass is 79.9. The average Bonchev–Trinajstić information content (AvgIpc) is 2.84. The van der Waals surface area contributed by atoms with Gasteiger partial charge in [0.05, 0.1) is 6.04 Å². The lowest BCUT2D eigenvalue weighted by Gasteiger charge is -2.17. The minimum absolute atomic E-state index is 0.303. The highest BCUT2D eigenvalue weighted by molar-refractivity contribution is 9.10. The fourth-order valence-electron chi connectivity index (χ4n) is 2.23. The van der Waals surface area contributed by atoms with Crippen LogP contribution in [-0.4, -0.2) is 6.54 Å². The average molecular weight is 338 g/mol. The third-order valence-corrected chi connectivity index (χ3v) is 4.89. The van der Waals surface area contributed by atoms with Gasteiger partial charge in [0.25, 0.3) is 0 Å². The van der Waals surface area contributed by atoms with Crippen LogP contribution in [-0.2, 0) is 6.42 Å². The molecular weight excluding hydrogens is 318 g/mol. The Bertz CT molecular complexity index is 504. The Labute approximate surface area is 128 Å². The lowest BCUT2D eigenvalue weighted by atomic mass is 10.0. The van der Waals surface area contributed by atoms with Crippen molar-refractivity contribution >= 4 is 27.3 Å². The normalized spacial score (nSPS) is 12.6. The number of benzene rings is 1. The lowest BCUT2D eigenvalue weighted by molar-refractivity contribution is 0.639. The zero-order valence-corrected chi connectivity index (χ0v) is 13.9. The SMILES string of the molecule is CCCc1ccc(C(NCC)c2cc(Br)cs2)cc1. The monoisotopic (exact) mass is 337 g/mol. The predicted octanol–water partition coefficient (Wildman–Crippen LogP) is 5.16. The number of hydrogen-bond acceptors (Lipinski definition) is 2. The van der Waals surface area contributed by atoms with E-state index in [0.717, 1.165) is 17.4 Å². The molecule has 0 bridgehead atoms. The first kappa shape index (κ1) is 14.8. The van der Waals surface area contributed by atoms with Crippen LogP contribution >= 0.6 is 27.3 Å². The Morgan fingerprint density at radius 3 is 2.47 bits per heavy atom. The van der Waals surface area contributed by atoms with E-state index < -0.39 is 0 Å². The van der Waals surface area contributed by atoms with Crippen molar-refractivity contribution in [1.29, 1.82) is 0 Å². The molecular formula is C16H20BrNS. The van der Waals surface area contributed by atoms with Crippen molar-refractivity contribution in [1.82, 2.24) is 5.32 Å². The maximum Gasteiger partial charge on any atom is 0.0671 e. The summed E-state index contributed by atoms with van der Waals surface area (Å²) in [5.41, 5.74) is 2.77. The lowest BCUT2D eigenvalue weighted by Crippen LogP contribution is -2.21. The number of rotatable bonds is 6. The van der Waals surface area contributed by atoms with Crippen LogP contribution < -0.4 is 5.32 Å². The van der Waals surface area contributed by atoms with Crippen LogP contribution in [0.4, 0.5) is 0 Å². The van der Waals surface area contributed by atoms with Crippen LogP contribution in [0.15, 0.2) is 40.2 Å². The Kier molecular flexibility index (Phi) is 5.61. The van der Waals surface area contributed by atoms with Crippen LogP contribution in [0.25, 0.3) is 0 Å². The molecule has 0 amide bonds. The van der Waals surface area contributed by atoms with Crippen molar-refractivity contribution < 1.29 is 0 Å². The van der Waals surface area contributed by atoms with Crippen LogP contribution in [0, 0.1) is 0 Å². The maximum atomic E-state index is 3.57. The minimum atomic E-state index is 0.303. The number of halogens is 1. The van der Waals surface area contributed by atoms with Gasteiger partial charge in [-0.1, -0.05) is 44.5 Å². The van der Waals surface area contributed by atoms with Crippen molar-refractivity contribution in [3.05, 3.63) is 56.2 Å². The molecule has 0 spiro atoms. The molecule has 1 atom stereocenters. The van der Waals surface area contributed by atoms with E-state index in [4.69, 9.17) is 0 Å². The number of nitrogens with one attached hydrogen (secondary N) is 1. The molecule has 0 saturated heterocycles. The Balaban J connectivity index is 2.23. The van der Waals surface area contributed by atoms with E-state index in [0.29, 0.717) is 6.04 Å². The molecule has 1 heterocycles. The van der Waals surface area contributed by atoms with Gasteiger partial charge in [0.2, 0.25) is 0 Å². The molecule has 3 heteroatoms. The van der Waals surface area contributed by atoms with Crippen LogP contribution in [0.3, 0.4) is 0 Å². The first-order valence-corrected chi connectivity index (χ1v) is 8.48. The molecule has 1 unspecified atom stereocenters. The number of hydrogen-bond donors (Lipinski definition) is 1. The fraction of sp³-hybridized carbons (Fsp3) is 0.375.